The molecule has 0 atom stereocenters. The van der Waals surface area contributed by atoms with Gasteiger partial charge in [-0.15, -0.1) is 24.0 Å². The summed E-state index contributed by atoms with van der Waals surface area (Å²) in [7, 11) is 7.80. The molecule has 0 aromatic rings. The summed E-state index contributed by atoms with van der Waals surface area (Å²) in [6.45, 7) is 5.18. The Hall–Kier alpha value is -0.570. The molecule has 1 amide bonds. The largest absolute Gasteiger partial charge is 0.356 e. The summed E-state index contributed by atoms with van der Waals surface area (Å²) in [5, 5.41) is 6.79. The van der Waals surface area contributed by atoms with Crippen molar-refractivity contribution in [2.45, 2.75) is 39.0 Å². The van der Waals surface area contributed by atoms with E-state index < -0.39 is 0 Å². The molecule has 1 aliphatic carbocycles. The van der Waals surface area contributed by atoms with E-state index in [0.717, 1.165) is 32.0 Å². The van der Waals surface area contributed by atoms with Crippen molar-refractivity contribution < 1.29 is 4.79 Å². The van der Waals surface area contributed by atoms with Gasteiger partial charge in [-0.3, -0.25) is 4.79 Å². The molecule has 0 heterocycles. The first kappa shape index (κ1) is 23.4. The number of hydrogen-bond donors (Lipinski definition) is 2. The van der Waals surface area contributed by atoms with Gasteiger partial charge in [0, 0.05) is 39.1 Å². The molecule has 1 aliphatic rings. The molecule has 1 fully saturated rings. The van der Waals surface area contributed by atoms with Crippen molar-refractivity contribution in [3.8, 4) is 0 Å². The van der Waals surface area contributed by atoms with Gasteiger partial charge in [0.1, 0.15) is 6.54 Å². The Morgan fingerprint density at radius 2 is 1.75 bits per heavy atom. The van der Waals surface area contributed by atoms with Gasteiger partial charge in [0.25, 0.3) is 0 Å². The summed E-state index contributed by atoms with van der Waals surface area (Å²) in [4.78, 5) is 20.0. The zero-order valence-electron chi connectivity index (χ0n) is 16.0. The second-order valence-electron chi connectivity index (χ2n) is 7.18. The Morgan fingerprint density at radius 3 is 2.25 bits per heavy atom. The number of carbonyl (C=O) groups excluding carboxylic acids is 1. The second kappa shape index (κ2) is 11.9. The van der Waals surface area contributed by atoms with Crippen molar-refractivity contribution in [2.24, 2.45) is 10.4 Å². The van der Waals surface area contributed by atoms with E-state index in [2.05, 4.69) is 41.5 Å². The fraction of sp³-hybridized carbons (Fsp3) is 0.882. The van der Waals surface area contributed by atoms with Crippen LogP contribution in [0.4, 0.5) is 0 Å². The molecule has 7 heteroatoms. The van der Waals surface area contributed by atoms with Crippen molar-refractivity contribution in [3.63, 3.8) is 0 Å². The van der Waals surface area contributed by atoms with Gasteiger partial charge in [0.15, 0.2) is 5.96 Å². The molecule has 24 heavy (non-hydrogen) atoms. The smallest absolute Gasteiger partial charge is 0.243 e. The van der Waals surface area contributed by atoms with Crippen LogP contribution in [0.2, 0.25) is 0 Å². The van der Waals surface area contributed by atoms with Gasteiger partial charge in [0.05, 0.1) is 0 Å². The minimum absolute atomic E-state index is 0. The molecule has 0 spiro atoms. The van der Waals surface area contributed by atoms with Crippen LogP contribution in [0.3, 0.4) is 0 Å². The van der Waals surface area contributed by atoms with Crippen LogP contribution in [-0.2, 0) is 4.79 Å². The Labute approximate surface area is 164 Å². The van der Waals surface area contributed by atoms with Crippen molar-refractivity contribution in [1.29, 1.82) is 0 Å². The first-order chi connectivity index (χ1) is 10.9. The SMILES string of the molecule is CCCNC(=NCC(=O)N(C)C)NCC1(CN(C)C)CCCC1.I. The fourth-order valence-corrected chi connectivity index (χ4v) is 3.16. The highest BCUT2D eigenvalue weighted by Crippen LogP contribution is 2.37. The van der Waals surface area contributed by atoms with Crippen molar-refractivity contribution in [2.75, 3.05) is 54.4 Å². The molecule has 2 N–H and O–H groups in total. The molecular weight excluding hydrogens is 417 g/mol. The first-order valence-electron chi connectivity index (χ1n) is 8.75. The van der Waals surface area contributed by atoms with Crippen LogP contribution in [0, 0.1) is 5.41 Å². The maximum atomic E-state index is 11.7. The van der Waals surface area contributed by atoms with Gasteiger partial charge in [-0.25, -0.2) is 4.99 Å². The first-order valence-corrected chi connectivity index (χ1v) is 8.75. The van der Waals surface area contributed by atoms with Crippen molar-refractivity contribution in [1.82, 2.24) is 20.4 Å². The molecule has 0 unspecified atom stereocenters. The zero-order valence-corrected chi connectivity index (χ0v) is 18.4. The Bertz CT molecular complexity index is 392. The lowest BCUT2D eigenvalue weighted by Gasteiger charge is -2.33. The van der Waals surface area contributed by atoms with Crippen LogP contribution in [0.1, 0.15) is 39.0 Å². The second-order valence-corrected chi connectivity index (χ2v) is 7.18. The number of amides is 1. The number of aliphatic imine (C=N–C) groups is 1. The average molecular weight is 453 g/mol. The van der Waals surface area contributed by atoms with E-state index in [1.165, 1.54) is 25.7 Å². The molecule has 6 nitrogen and oxygen atoms in total. The fourth-order valence-electron chi connectivity index (χ4n) is 3.16. The lowest BCUT2D eigenvalue weighted by molar-refractivity contribution is -0.127. The summed E-state index contributed by atoms with van der Waals surface area (Å²) in [5.74, 6) is 0.776. The quantitative estimate of drug-likeness (QED) is 0.334. The number of nitrogens with one attached hydrogen (secondary N) is 2. The average Bonchev–Trinajstić information content (AvgIpc) is 2.93. The Morgan fingerprint density at radius 1 is 1.12 bits per heavy atom. The number of halogens is 1. The van der Waals surface area contributed by atoms with E-state index in [1.807, 2.05) is 0 Å². The third-order valence-electron chi connectivity index (χ3n) is 4.36. The van der Waals surface area contributed by atoms with E-state index in [9.17, 15) is 4.79 Å². The van der Waals surface area contributed by atoms with E-state index in [-0.39, 0.29) is 36.4 Å². The van der Waals surface area contributed by atoms with Crippen LogP contribution in [0.5, 0.6) is 0 Å². The standard InChI is InChI=1S/C17H35N5O.HI/c1-6-11-18-16(19-12-15(23)22(4)5)20-13-17(14-21(2)3)9-7-8-10-17;/h6-14H2,1-5H3,(H2,18,19,20);1H. The van der Waals surface area contributed by atoms with Gasteiger partial charge in [0.2, 0.25) is 5.91 Å². The maximum absolute atomic E-state index is 11.7. The molecule has 0 aromatic carbocycles. The highest BCUT2D eigenvalue weighted by molar-refractivity contribution is 14.0. The van der Waals surface area contributed by atoms with Crippen LogP contribution in [0.25, 0.3) is 0 Å². The molecule has 0 radical (unpaired) electrons. The van der Waals surface area contributed by atoms with E-state index in [0.29, 0.717) is 5.41 Å². The van der Waals surface area contributed by atoms with Gasteiger partial charge >= 0.3 is 0 Å². The number of hydrogen-bond acceptors (Lipinski definition) is 3. The molecule has 1 saturated carbocycles. The minimum Gasteiger partial charge on any atom is -0.356 e. The van der Waals surface area contributed by atoms with E-state index in [1.54, 1.807) is 19.0 Å². The Balaban J connectivity index is 0.00000529. The minimum atomic E-state index is 0. The molecule has 0 aliphatic heterocycles. The van der Waals surface area contributed by atoms with E-state index >= 15 is 0 Å². The predicted octanol–water partition coefficient (Wildman–Crippen LogP) is 1.76. The summed E-state index contributed by atoms with van der Waals surface area (Å²) >= 11 is 0. The molecule has 0 bridgehead atoms. The lowest BCUT2D eigenvalue weighted by atomic mass is 9.85. The van der Waals surface area contributed by atoms with Crippen molar-refractivity contribution >= 4 is 35.8 Å². The highest BCUT2D eigenvalue weighted by atomic mass is 127. The third kappa shape index (κ3) is 8.50. The Kier molecular flexibility index (Phi) is 11.6. The lowest BCUT2D eigenvalue weighted by Crippen LogP contribution is -2.46. The number of rotatable bonds is 8. The number of guanidine groups is 1. The van der Waals surface area contributed by atoms with E-state index in [4.69, 9.17) is 0 Å². The summed E-state index contributed by atoms with van der Waals surface area (Å²) in [6.07, 6.45) is 6.17. The van der Waals surface area contributed by atoms with Crippen LogP contribution >= 0.6 is 24.0 Å². The molecule has 0 saturated heterocycles. The van der Waals surface area contributed by atoms with Crippen molar-refractivity contribution in [3.05, 3.63) is 0 Å². The topological polar surface area (TPSA) is 60.0 Å². The predicted molar refractivity (Wildman–Crippen MR) is 112 cm³/mol. The number of carbonyl (C=O) groups is 1. The zero-order chi connectivity index (χ0) is 17.3. The van der Waals surface area contributed by atoms with Gasteiger partial charge in [-0.1, -0.05) is 19.8 Å². The normalized spacial score (nSPS) is 16.7. The van der Waals surface area contributed by atoms with Crippen LogP contribution in [-0.4, -0.2) is 76.0 Å². The summed E-state index contributed by atoms with van der Waals surface area (Å²) in [6, 6.07) is 0. The monoisotopic (exact) mass is 453 g/mol. The molecule has 142 valence electrons. The maximum Gasteiger partial charge on any atom is 0.243 e. The number of likely N-dealkylation sites (N-methyl/N-ethyl adjacent to an activating group) is 1. The van der Waals surface area contributed by atoms with Crippen LogP contribution in [0.15, 0.2) is 4.99 Å². The number of nitrogens with zero attached hydrogens (tertiary/aromatic N) is 3. The highest BCUT2D eigenvalue weighted by Gasteiger charge is 2.34. The van der Waals surface area contributed by atoms with Gasteiger partial charge in [-0.05, 0) is 33.4 Å². The third-order valence-corrected chi connectivity index (χ3v) is 4.36. The van der Waals surface area contributed by atoms with Crippen LogP contribution < -0.4 is 10.6 Å². The molecule has 1 rings (SSSR count). The molecule has 0 aromatic heterocycles. The van der Waals surface area contributed by atoms with Gasteiger partial charge in [-0.2, -0.15) is 0 Å². The summed E-state index contributed by atoms with van der Waals surface area (Å²) in [5.41, 5.74) is 0.323. The summed E-state index contributed by atoms with van der Waals surface area (Å²) < 4.78 is 0. The molecular formula is C17H36IN5O. The van der Waals surface area contributed by atoms with Gasteiger partial charge < -0.3 is 20.4 Å².